The molecule has 0 heterocycles. The van der Waals surface area contributed by atoms with Gasteiger partial charge in [-0.1, -0.05) is 0 Å². The number of benzene rings is 1. The minimum atomic E-state index is -1.03. The van der Waals surface area contributed by atoms with Crippen molar-refractivity contribution in [1.29, 1.82) is 0 Å². The van der Waals surface area contributed by atoms with E-state index in [1.54, 1.807) is 18.2 Å². The van der Waals surface area contributed by atoms with Crippen molar-refractivity contribution in [3.63, 3.8) is 0 Å². The molecular formula is C11H14O5. The number of aliphatic carboxylic acids is 1. The molecule has 1 N–H and O–H groups in total. The molecule has 0 amide bonds. The van der Waals surface area contributed by atoms with Crippen LogP contribution in [-0.4, -0.2) is 31.4 Å². The normalized spacial score (nSPS) is 11.7. The van der Waals surface area contributed by atoms with E-state index in [9.17, 15) is 4.79 Å². The van der Waals surface area contributed by atoms with Crippen LogP contribution in [0, 0.1) is 0 Å². The second-order valence-corrected chi connectivity index (χ2v) is 3.15. The van der Waals surface area contributed by atoms with Crippen LogP contribution < -0.4 is 14.2 Å². The van der Waals surface area contributed by atoms with Crippen LogP contribution in [0.2, 0.25) is 0 Å². The number of hydrogen-bond donors (Lipinski definition) is 1. The number of methoxy groups -OCH3 is 2. The Morgan fingerprint density at radius 2 is 1.56 bits per heavy atom. The van der Waals surface area contributed by atoms with Crippen LogP contribution in [0.25, 0.3) is 0 Å². The summed E-state index contributed by atoms with van der Waals surface area (Å²) in [6.07, 6.45) is -0.920. The summed E-state index contributed by atoms with van der Waals surface area (Å²) in [6, 6.07) is 4.88. The highest BCUT2D eigenvalue weighted by molar-refractivity contribution is 5.72. The predicted octanol–water partition coefficient (Wildman–Crippen LogP) is 1.56. The fraction of sp³-hybridized carbons (Fsp3) is 0.364. The van der Waals surface area contributed by atoms with E-state index in [0.717, 1.165) is 0 Å². The molecule has 0 saturated heterocycles. The van der Waals surface area contributed by atoms with Gasteiger partial charge in [0.2, 0.25) is 0 Å². The molecule has 0 aromatic heterocycles. The van der Waals surface area contributed by atoms with Gasteiger partial charge in [-0.05, 0) is 6.92 Å². The Morgan fingerprint density at radius 1 is 1.12 bits per heavy atom. The summed E-state index contributed by atoms with van der Waals surface area (Å²) in [7, 11) is 3.03. The van der Waals surface area contributed by atoms with E-state index in [-0.39, 0.29) is 0 Å². The number of hydrogen-bond acceptors (Lipinski definition) is 4. The maximum atomic E-state index is 10.6. The van der Waals surface area contributed by atoms with Gasteiger partial charge in [0.15, 0.2) is 6.10 Å². The van der Waals surface area contributed by atoms with Crippen molar-refractivity contribution in [2.24, 2.45) is 0 Å². The lowest BCUT2D eigenvalue weighted by molar-refractivity contribution is -0.144. The van der Waals surface area contributed by atoms with Crippen LogP contribution in [0.3, 0.4) is 0 Å². The van der Waals surface area contributed by atoms with Gasteiger partial charge in [0.25, 0.3) is 0 Å². The molecule has 5 heteroatoms. The zero-order valence-electron chi connectivity index (χ0n) is 9.39. The first-order valence-electron chi connectivity index (χ1n) is 4.69. The van der Waals surface area contributed by atoms with Crippen molar-refractivity contribution in [1.82, 2.24) is 0 Å². The molecule has 0 aliphatic carbocycles. The Morgan fingerprint density at radius 3 is 1.94 bits per heavy atom. The van der Waals surface area contributed by atoms with Crippen LogP contribution in [0.4, 0.5) is 0 Å². The summed E-state index contributed by atoms with van der Waals surface area (Å²) >= 11 is 0. The Balaban J connectivity index is 2.90. The molecular weight excluding hydrogens is 212 g/mol. The van der Waals surface area contributed by atoms with Crippen molar-refractivity contribution < 1.29 is 24.1 Å². The zero-order valence-corrected chi connectivity index (χ0v) is 9.39. The fourth-order valence-electron chi connectivity index (χ4n) is 1.10. The van der Waals surface area contributed by atoms with E-state index in [1.165, 1.54) is 21.1 Å². The quantitative estimate of drug-likeness (QED) is 0.825. The third-order valence-corrected chi connectivity index (χ3v) is 1.99. The highest BCUT2D eigenvalue weighted by atomic mass is 16.5. The summed E-state index contributed by atoms with van der Waals surface area (Å²) in [5, 5.41) is 8.71. The lowest BCUT2D eigenvalue weighted by Gasteiger charge is -2.12. The molecule has 1 aromatic carbocycles. The van der Waals surface area contributed by atoms with E-state index in [4.69, 9.17) is 19.3 Å². The molecule has 5 nitrogen and oxygen atoms in total. The van der Waals surface area contributed by atoms with Gasteiger partial charge in [-0.15, -0.1) is 0 Å². The Bertz CT molecular complexity index is 352. The van der Waals surface area contributed by atoms with Crippen LogP contribution in [-0.2, 0) is 4.79 Å². The van der Waals surface area contributed by atoms with Crippen molar-refractivity contribution in [2.45, 2.75) is 13.0 Å². The van der Waals surface area contributed by atoms with Gasteiger partial charge >= 0.3 is 5.97 Å². The number of carboxylic acid groups (broad SMARTS) is 1. The van der Waals surface area contributed by atoms with Crippen LogP contribution >= 0.6 is 0 Å². The number of rotatable bonds is 5. The van der Waals surface area contributed by atoms with Gasteiger partial charge in [-0.3, -0.25) is 0 Å². The smallest absolute Gasteiger partial charge is 0.344 e. The number of ether oxygens (including phenoxy) is 3. The summed E-state index contributed by atoms with van der Waals surface area (Å²) in [4.78, 5) is 10.6. The molecule has 1 aromatic rings. The molecule has 0 saturated carbocycles. The van der Waals surface area contributed by atoms with E-state index >= 15 is 0 Å². The lowest BCUT2D eigenvalue weighted by atomic mass is 10.3. The maximum absolute atomic E-state index is 10.6. The van der Waals surface area contributed by atoms with Crippen LogP contribution in [0.15, 0.2) is 18.2 Å². The molecule has 1 rings (SSSR count). The minimum Gasteiger partial charge on any atom is -0.496 e. The standard InChI is InChI=1S/C11H14O5/c1-7(11(12)13)16-10-5-8(14-2)4-9(6-10)15-3/h4-7H,1-3H3,(H,12,13)/t7-/m1/s1. The maximum Gasteiger partial charge on any atom is 0.344 e. The zero-order chi connectivity index (χ0) is 12.1. The first-order valence-corrected chi connectivity index (χ1v) is 4.69. The molecule has 0 radical (unpaired) electrons. The largest absolute Gasteiger partial charge is 0.496 e. The second kappa shape index (κ2) is 5.25. The number of carbonyl (C=O) groups is 1. The molecule has 16 heavy (non-hydrogen) atoms. The third-order valence-electron chi connectivity index (χ3n) is 1.99. The van der Waals surface area contributed by atoms with Gasteiger partial charge in [-0.25, -0.2) is 4.79 Å². The lowest BCUT2D eigenvalue weighted by Crippen LogP contribution is -2.22. The molecule has 0 aliphatic heterocycles. The van der Waals surface area contributed by atoms with Gasteiger partial charge in [0.05, 0.1) is 14.2 Å². The van der Waals surface area contributed by atoms with Crippen molar-refractivity contribution in [2.75, 3.05) is 14.2 Å². The Kier molecular flexibility index (Phi) is 3.99. The van der Waals surface area contributed by atoms with E-state index in [0.29, 0.717) is 17.2 Å². The molecule has 0 fully saturated rings. The van der Waals surface area contributed by atoms with Gasteiger partial charge in [0.1, 0.15) is 17.2 Å². The van der Waals surface area contributed by atoms with Crippen molar-refractivity contribution in [3.8, 4) is 17.2 Å². The average molecular weight is 226 g/mol. The van der Waals surface area contributed by atoms with E-state index in [2.05, 4.69) is 0 Å². The van der Waals surface area contributed by atoms with E-state index < -0.39 is 12.1 Å². The fourth-order valence-corrected chi connectivity index (χ4v) is 1.10. The molecule has 0 aliphatic rings. The summed E-state index contributed by atoms with van der Waals surface area (Å²) < 4.78 is 15.3. The van der Waals surface area contributed by atoms with Gasteiger partial charge < -0.3 is 19.3 Å². The average Bonchev–Trinajstić information content (AvgIpc) is 2.28. The third kappa shape index (κ3) is 3.05. The highest BCUT2D eigenvalue weighted by Gasteiger charge is 2.13. The van der Waals surface area contributed by atoms with Crippen LogP contribution in [0.5, 0.6) is 17.2 Å². The minimum absolute atomic E-state index is 0.395. The van der Waals surface area contributed by atoms with Crippen molar-refractivity contribution in [3.05, 3.63) is 18.2 Å². The molecule has 88 valence electrons. The summed E-state index contributed by atoms with van der Waals surface area (Å²) in [5.41, 5.74) is 0. The molecule has 1 atom stereocenters. The summed E-state index contributed by atoms with van der Waals surface area (Å²) in [5.74, 6) is 0.465. The van der Waals surface area contributed by atoms with E-state index in [1.807, 2.05) is 0 Å². The molecule has 0 unspecified atom stereocenters. The SMILES string of the molecule is COc1cc(OC)cc(O[C@H](C)C(=O)O)c1. The second-order valence-electron chi connectivity index (χ2n) is 3.15. The monoisotopic (exact) mass is 226 g/mol. The topological polar surface area (TPSA) is 65.0 Å². The summed E-state index contributed by atoms with van der Waals surface area (Å²) in [6.45, 7) is 1.45. The molecule has 0 spiro atoms. The first-order chi connectivity index (χ1) is 7.56. The van der Waals surface area contributed by atoms with Gasteiger partial charge in [0, 0.05) is 18.2 Å². The molecule has 0 bridgehead atoms. The first kappa shape index (κ1) is 12.2. The predicted molar refractivity (Wildman–Crippen MR) is 57.3 cm³/mol. The number of carboxylic acids is 1. The Hall–Kier alpha value is -1.91. The van der Waals surface area contributed by atoms with Gasteiger partial charge in [-0.2, -0.15) is 0 Å². The Labute approximate surface area is 93.6 Å². The highest BCUT2D eigenvalue weighted by Crippen LogP contribution is 2.27. The van der Waals surface area contributed by atoms with Crippen molar-refractivity contribution >= 4 is 5.97 Å². The van der Waals surface area contributed by atoms with Crippen LogP contribution in [0.1, 0.15) is 6.92 Å².